The maximum absolute atomic E-state index is 12.0. The molecular formula is C14H21N3O2. The largest absolute Gasteiger partial charge is 0.349 e. The minimum Gasteiger partial charge on any atom is -0.349 e. The summed E-state index contributed by atoms with van der Waals surface area (Å²) in [6, 6.07) is 3.17. The van der Waals surface area contributed by atoms with Crippen LogP contribution in [0.25, 0.3) is 0 Å². The summed E-state index contributed by atoms with van der Waals surface area (Å²) in [5.74, 6) is -0.106. The molecule has 1 aliphatic rings. The van der Waals surface area contributed by atoms with E-state index < -0.39 is 0 Å². The minimum absolute atomic E-state index is 0.106. The standard InChI is InChI=1S/C14H21N3O2/c1-2-7-17-8-5-12(6-9-17)16-14(19)11-3-4-13(18)15-10-11/h3-4,10,12H,2,5-9H2,1H3,(H,15,18)(H,16,19). The number of rotatable bonds is 4. The highest BCUT2D eigenvalue weighted by Gasteiger charge is 2.20. The molecule has 2 heterocycles. The molecule has 0 aromatic carbocycles. The van der Waals surface area contributed by atoms with Gasteiger partial charge in [0.15, 0.2) is 0 Å². The summed E-state index contributed by atoms with van der Waals surface area (Å²) >= 11 is 0. The van der Waals surface area contributed by atoms with Crippen LogP contribution in [-0.2, 0) is 0 Å². The number of aromatic amines is 1. The fourth-order valence-electron chi connectivity index (χ4n) is 2.44. The van der Waals surface area contributed by atoms with Gasteiger partial charge in [-0.3, -0.25) is 9.59 Å². The lowest BCUT2D eigenvalue weighted by atomic mass is 10.0. The number of hydrogen-bond donors (Lipinski definition) is 2. The van der Waals surface area contributed by atoms with Crippen LogP contribution in [0.4, 0.5) is 0 Å². The zero-order chi connectivity index (χ0) is 13.7. The molecule has 104 valence electrons. The van der Waals surface area contributed by atoms with Gasteiger partial charge in [0, 0.05) is 31.4 Å². The number of carbonyl (C=O) groups is 1. The van der Waals surface area contributed by atoms with Crippen molar-refractivity contribution >= 4 is 5.91 Å². The average molecular weight is 263 g/mol. The molecule has 0 unspecified atom stereocenters. The molecule has 2 N–H and O–H groups in total. The second kappa shape index (κ2) is 6.52. The molecule has 5 nitrogen and oxygen atoms in total. The normalized spacial score (nSPS) is 17.3. The van der Waals surface area contributed by atoms with E-state index in [1.54, 1.807) is 6.07 Å². The Morgan fingerprint density at radius 3 is 2.74 bits per heavy atom. The van der Waals surface area contributed by atoms with Crippen molar-refractivity contribution in [2.24, 2.45) is 0 Å². The van der Waals surface area contributed by atoms with Gasteiger partial charge in [-0.1, -0.05) is 6.92 Å². The maximum atomic E-state index is 12.0. The molecule has 0 bridgehead atoms. The Morgan fingerprint density at radius 1 is 1.42 bits per heavy atom. The van der Waals surface area contributed by atoms with Gasteiger partial charge in [-0.05, 0) is 31.9 Å². The fraction of sp³-hybridized carbons (Fsp3) is 0.571. The second-order valence-corrected chi connectivity index (χ2v) is 5.03. The number of amides is 1. The van der Waals surface area contributed by atoms with E-state index in [0.29, 0.717) is 5.56 Å². The number of carbonyl (C=O) groups excluding carboxylic acids is 1. The molecule has 5 heteroatoms. The lowest BCUT2D eigenvalue weighted by molar-refractivity contribution is 0.0911. The van der Waals surface area contributed by atoms with Crippen LogP contribution in [0, 0.1) is 0 Å². The Balaban J connectivity index is 1.83. The Bertz CT molecular complexity index is 455. The van der Waals surface area contributed by atoms with Crippen LogP contribution in [0.15, 0.2) is 23.1 Å². The van der Waals surface area contributed by atoms with Crippen molar-refractivity contribution in [1.29, 1.82) is 0 Å². The van der Waals surface area contributed by atoms with Gasteiger partial charge in [-0.15, -0.1) is 0 Å². The lowest BCUT2D eigenvalue weighted by Gasteiger charge is -2.32. The van der Waals surface area contributed by atoms with Crippen molar-refractivity contribution in [3.63, 3.8) is 0 Å². The van der Waals surface area contributed by atoms with Gasteiger partial charge in [0.25, 0.3) is 5.91 Å². The summed E-state index contributed by atoms with van der Waals surface area (Å²) in [7, 11) is 0. The first-order chi connectivity index (χ1) is 9.19. The Hall–Kier alpha value is -1.62. The van der Waals surface area contributed by atoms with Crippen molar-refractivity contribution in [2.45, 2.75) is 32.2 Å². The zero-order valence-electron chi connectivity index (χ0n) is 11.3. The molecule has 0 radical (unpaired) electrons. The molecule has 0 aliphatic carbocycles. The predicted octanol–water partition coefficient (Wildman–Crippen LogP) is 0.979. The van der Waals surface area contributed by atoms with E-state index >= 15 is 0 Å². The summed E-state index contributed by atoms with van der Waals surface area (Å²) < 4.78 is 0. The topological polar surface area (TPSA) is 65.2 Å². The van der Waals surface area contributed by atoms with Crippen molar-refractivity contribution in [3.8, 4) is 0 Å². The third-order valence-corrected chi connectivity index (χ3v) is 3.51. The molecular weight excluding hydrogens is 242 g/mol. The van der Waals surface area contributed by atoms with Gasteiger partial charge >= 0.3 is 0 Å². The van der Waals surface area contributed by atoms with E-state index in [2.05, 4.69) is 22.1 Å². The van der Waals surface area contributed by atoms with Crippen molar-refractivity contribution in [1.82, 2.24) is 15.2 Å². The van der Waals surface area contributed by atoms with Crippen molar-refractivity contribution in [2.75, 3.05) is 19.6 Å². The first-order valence-electron chi connectivity index (χ1n) is 6.91. The van der Waals surface area contributed by atoms with Crippen LogP contribution in [0.3, 0.4) is 0 Å². The molecule has 1 saturated heterocycles. The highest BCUT2D eigenvalue weighted by Crippen LogP contribution is 2.11. The molecule has 1 aromatic rings. The molecule has 0 atom stereocenters. The van der Waals surface area contributed by atoms with Crippen LogP contribution in [0.2, 0.25) is 0 Å². The number of piperidine rings is 1. The smallest absolute Gasteiger partial charge is 0.252 e. The minimum atomic E-state index is -0.190. The van der Waals surface area contributed by atoms with Gasteiger partial charge in [0.2, 0.25) is 5.56 Å². The van der Waals surface area contributed by atoms with E-state index in [-0.39, 0.29) is 17.5 Å². The Morgan fingerprint density at radius 2 is 2.16 bits per heavy atom. The highest BCUT2D eigenvalue weighted by atomic mass is 16.2. The quantitative estimate of drug-likeness (QED) is 0.851. The SMILES string of the molecule is CCCN1CCC(NC(=O)c2ccc(=O)[nH]c2)CC1. The first kappa shape index (κ1) is 13.8. The zero-order valence-corrected chi connectivity index (χ0v) is 11.3. The molecule has 1 aromatic heterocycles. The summed E-state index contributed by atoms with van der Waals surface area (Å²) in [6.45, 7) is 5.42. The second-order valence-electron chi connectivity index (χ2n) is 5.03. The first-order valence-corrected chi connectivity index (χ1v) is 6.91. The number of nitrogens with zero attached hydrogens (tertiary/aromatic N) is 1. The number of aromatic nitrogens is 1. The molecule has 0 spiro atoms. The van der Waals surface area contributed by atoms with Crippen molar-refractivity contribution in [3.05, 3.63) is 34.2 Å². The maximum Gasteiger partial charge on any atom is 0.252 e. The summed E-state index contributed by atoms with van der Waals surface area (Å²) in [6.07, 6.45) is 4.63. The van der Waals surface area contributed by atoms with Crippen LogP contribution in [-0.4, -0.2) is 41.5 Å². The molecule has 1 fully saturated rings. The number of nitrogens with one attached hydrogen (secondary N) is 2. The van der Waals surface area contributed by atoms with Crippen LogP contribution in [0.5, 0.6) is 0 Å². The fourth-order valence-corrected chi connectivity index (χ4v) is 2.44. The number of hydrogen-bond acceptors (Lipinski definition) is 3. The van der Waals surface area contributed by atoms with Crippen LogP contribution < -0.4 is 10.9 Å². The van der Waals surface area contributed by atoms with E-state index in [9.17, 15) is 9.59 Å². The predicted molar refractivity (Wildman–Crippen MR) is 74.3 cm³/mol. The van der Waals surface area contributed by atoms with Gasteiger partial charge in [0.1, 0.15) is 0 Å². The van der Waals surface area contributed by atoms with E-state index in [4.69, 9.17) is 0 Å². The Kier molecular flexibility index (Phi) is 4.74. The molecule has 1 amide bonds. The summed E-state index contributed by atoms with van der Waals surface area (Å²) in [4.78, 5) is 27.9. The summed E-state index contributed by atoms with van der Waals surface area (Å²) in [5, 5.41) is 3.03. The van der Waals surface area contributed by atoms with Gasteiger partial charge in [0.05, 0.1) is 5.56 Å². The Labute approximate surface area is 113 Å². The van der Waals surface area contributed by atoms with Gasteiger partial charge < -0.3 is 15.2 Å². The third-order valence-electron chi connectivity index (χ3n) is 3.51. The molecule has 1 aliphatic heterocycles. The van der Waals surface area contributed by atoms with Gasteiger partial charge in [-0.2, -0.15) is 0 Å². The monoisotopic (exact) mass is 263 g/mol. The highest BCUT2D eigenvalue weighted by molar-refractivity contribution is 5.93. The average Bonchev–Trinajstić information content (AvgIpc) is 2.42. The van der Waals surface area contributed by atoms with E-state index in [1.165, 1.54) is 18.7 Å². The number of pyridine rings is 1. The molecule has 0 saturated carbocycles. The number of likely N-dealkylation sites (tertiary alicyclic amines) is 1. The number of H-pyrrole nitrogens is 1. The molecule has 2 rings (SSSR count). The van der Waals surface area contributed by atoms with E-state index in [0.717, 1.165) is 32.5 Å². The van der Waals surface area contributed by atoms with Crippen LogP contribution in [0.1, 0.15) is 36.5 Å². The molecule has 19 heavy (non-hydrogen) atoms. The van der Waals surface area contributed by atoms with Crippen LogP contribution >= 0.6 is 0 Å². The lowest BCUT2D eigenvalue weighted by Crippen LogP contribution is -2.44. The van der Waals surface area contributed by atoms with Crippen molar-refractivity contribution < 1.29 is 4.79 Å². The van der Waals surface area contributed by atoms with Gasteiger partial charge in [-0.25, -0.2) is 0 Å². The third kappa shape index (κ3) is 3.92. The van der Waals surface area contributed by atoms with E-state index in [1.807, 2.05) is 0 Å². The summed E-state index contributed by atoms with van der Waals surface area (Å²) in [5.41, 5.74) is 0.319.